The number of ether oxygens (including phenoxy) is 2. The molecule has 1 unspecified atom stereocenters. The maximum absolute atomic E-state index is 13.1. The maximum atomic E-state index is 13.1. The van der Waals surface area contributed by atoms with Gasteiger partial charge in [-0.1, -0.05) is 72.0 Å². The molecule has 0 spiro atoms. The molecule has 0 fully saturated rings. The molecule has 8 nitrogen and oxygen atoms in total. The number of unbranched alkanes of at least 4 members (excludes halogenated alkanes) is 2. The van der Waals surface area contributed by atoms with Crippen LogP contribution in [0.4, 0.5) is 5.69 Å². The third-order valence-corrected chi connectivity index (χ3v) is 7.40. The first-order valence-corrected chi connectivity index (χ1v) is 14.7. The van der Waals surface area contributed by atoms with Crippen LogP contribution in [0.25, 0.3) is 0 Å². The summed E-state index contributed by atoms with van der Waals surface area (Å²) in [4.78, 5) is 17.6. The molecular formula is C31H49N3O5. The van der Waals surface area contributed by atoms with Gasteiger partial charge in [-0.3, -0.25) is 0 Å². The van der Waals surface area contributed by atoms with Gasteiger partial charge in [0.2, 0.25) is 0 Å². The Hall–Kier alpha value is -2.87. The molecule has 2 N–H and O–H groups in total. The first-order chi connectivity index (χ1) is 18.7. The molecule has 1 aliphatic heterocycles. The summed E-state index contributed by atoms with van der Waals surface area (Å²) in [6, 6.07) is 6.16. The fraction of sp³-hybridized carbons (Fsp3) is 0.645. The molecule has 1 aromatic carbocycles. The molecule has 218 valence electrons. The van der Waals surface area contributed by atoms with Gasteiger partial charge in [-0.05, 0) is 68.7 Å². The number of aromatic nitrogens is 1. The molecule has 1 aromatic heterocycles. The Labute approximate surface area is 234 Å². The number of carbonyl (C=O) groups excluding carboxylic acids is 1. The van der Waals surface area contributed by atoms with E-state index in [1.54, 1.807) is 13.0 Å². The number of nitrogens with one attached hydrogen (secondary N) is 1. The van der Waals surface area contributed by atoms with E-state index in [2.05, 4.69) is 62.2 Å². The lowest BCUT2D eigenvalue weighted by Crippen LogP contribution is -2.42. The van der Waals surface area contributed by atoms with Crippen molar-refractivity contribution in [2.75, 3.05) is 18.5 Å². The molecule has 0 radical (unpaired) electrons. The van der Waals surface area contributed by atoms with Crippen molar-refractivity contribution in [3.8, 4) is 0 Å². The number of anilines is 1. The quantitative estimate of drug-likeness (QED) is 0.279. The van der Waals surface area contributed by atoms with Crippen molar-refractivity contribution in [3.05, 3.63) is 46.3 Å². The molecule has 2 heterocycles. The Morgan fingerprint density at radius 2 is 1.77 bits per heavy atom. The van der Waals surface area contributed by atoms with E-state index in [1.807, 2.05) is 13.8 Å². The highest BCUT2D eigenvalue weighted by molar-refractivity contribution is 5.95. The van der Waals surface area contributed by atoms with Crippen LogP contribution in [0.3, 0.4) is 0 Å². The highest BCUT2D eigenvalue weighted by Crippen LogP contribution is 2.37. The average Bonchev–Trinajstić information content (AvgIpc) is 3.62. The fourth-order valence-electron chi connectivity index (χ4n) is 4.27. The van der Waals surface area contributed by atoms with E-state index in [0.717, 1.165) is 36.9 Å². The van der Waals surface area contributed by atoms with Gasteiger partial charge in [-0.15, -0.1) is 0 Å². The van der Waals surface area contributed by atoms with Gasteiger partial charge in [0.05, 0.1) is 6.61 Å². The van der Waals surface area contributed by atoms with Crippen molar-refractivity contribution in [3.63, 3.8) is 0 Å². The van der Waals surface area contributed by atoms with Crippen molar-refractivity contribution in [1.82, 2.24) is 5.16 Å². The number of aliphatic hydroxyl groups is 1. The lowest BCUT2D eigenvalue weighted by atomic mass is 9.92. The molecular weight excluding hydrogens is 494 g/mol. The molecule has 0 saturated carbocycles. The van der Waals surface area contributed by atoms with Crippen molar-refractivity contribution < 1.29 is 23.9 Å². The Morgan fingerprint density at radius 3 is 2.33 bits per heavy atom. The zero-order valence-corrected chi connectivity index (χ0v) is 25.3. The number of hydrogen-bond acceptors (Lipinski definition) is 8. The molecule has 39 heavy (non-hydrogen) atoms. The average molecular weight is 544 g/mol. The predicted molar refractivity (Wildman–Crippen MR) is 156 cm³/mol. The molecule has 8 heteroatoms. The van der Waals surface area contributed by atoms with Gasteiger partial charge in [0.15, 0.2) is 5.76 Å². The summed E-state index contributed by atoms with van der Waals surface area (Å²) >= 11 is 0. The number of aryl methyl sites for hydroxylation is 2. The number of amidine groups is 1. The van der Waals surface area contributed by atoms with Crippen molar-refractivity contribution in [2.45, 2.75) is 118 Å². The number of benzene rings is 1. The number of esters is 1. The third kappa shape index (κ3) is 7.62. The second-order valence-electron chi connectivity index (χ2n) is 10.1. The lowest BCUT2D eigenvalue weighted by Gasteiger charge is -2.24. The zero-order chi connectivity index (χ0) is 29.1. The highest BCUT2D eigenvalue weighted by atomic mass is 16.6. The Balaban J connectivity index is 0.00000124. The summed E-state index contributed by atoms with van der Waals surface area (Å²) in [6.07, 6.45) is 7.69. The lowest BCUT2D eigenvalue weighted by molar-refractivity contribution is -0.162. The molecule has 3 rings (SSSR count). The van der Waals surface area contributed by atoms with Crippen LogP contribution in [0.15, 0.2) is 27.7 Å². The van der Waals surface area contributed by atoms with Crippen LogP contribution in [0.2, 0.25) is 0 Å². The van der Waals surface area contributed by atoms with E-state index in [-0.39, 0.29) is 24.9 Å². The van der Waals surface area contributed by atoms with Crippen LogP contribution >= 0.6 is 0 Å². The number of aliphatic imine (C=N–C) groups is 1. The molecule has 2 aromatic rings. The van der Waals surface area contributed by atoms with Crippen molar-refractivity contribution in [2.24, 2.45) is 4.99 Å². The second kappa shape index (κ2) is 15.1. The summed E-state index contributed by atoms with van der Waals surface area (Å²) in [7, 11) is 0. The van der Waals surface area contributed by atoms with E-state index in [1.165, 1.54) is 24.0 Å². The molecule has 0 aliphatic carbocycles. The number of rotatable bonds is 12. The van der Waals surface area contributed by atoms with Crippen LogP contribution in [0.1, 0.15) is 115 Å². The standard InChI is InChI=1S/C27H39N3O5.C4H10/c1-7-12-13-20-14-19(8-2)15-21(18(20)6)29-25-28-17-27(34-25,24(31)33-11-5)22-16-23(35-30-22)26(32,9-3)10-4;1-3-4-2/h14-16,32H,7-13,17H2,1-6H3,(H,28,29);3-4H2,1-2H3. The third-order valence-electron chi connectivity index (χ3n) is 7.40. The SMILES string of the molecule is CCCC.CCCCc1cc(CC)cc(NC2=NCC(C(=O)OCC)(c3cc(C(O)(CC)CC)on3)O2)c1C. The van der Waals surface area contributed by atoms with E-state index < -0.39 is 17.2 Å². The van der Waals surface area contributed by atoms with Gasteiger partial charge in [-0.2, -0.15) is 0 Å². The molecule has 1 aliphatic rings. The molecule has 0 saturated heterocycles. The van der Waals surface area contributed by atoms with Gasteiger partial charge < -0.3 is 24.4 Å². The van der Waals surface area contributed by atoms with Crippen LogP contribution < -0.4 is 5.32 Å². The minimum atomic E-state index is -1.58. The fourth-order valence-corrected chi connectivity index (χ4v) is 4.27. The second-order valence-corrected chi connectivity index (χ2v) is 10.1. The summed E-state index contributed by atoms with van der Waals surface area (Å²) in [5, 5.41) is 18.3. The van der Waals surface area contributed by atoms with Gasteiger partial charge in [0.1, 0.15) is 17.8 Å². The predicted octanol–water partition coefficient (Wildman–Crippen LogP) is 6.96. The maximum Gasteiger partial charge on any atom is 0.359 e. The zero-order valence-electron chi connectivity index (χ0n) is 25.3. The topological polar surface area (TPSA) is 106 Å². The normalized spacial score (nSPS) is 16.7. The first-order valence-electron chi connectivity index (χ1n) is 14.7. The number of hydrogen-bond donors (Lipinski definition) is 2. The van der Waals surface area contributed by atoms with E-state index in [9.17, 15) is 9.90 Å². The summed E-state index contributed by atoms with van der Waals surface area (Å²) in [6.45, 7) is 16.4. The van der Waals surface area contributed by atoms with Crippen molar-refractivity contribution in [1.29, 1.82) is 0 Å². The van der Waals surface area contributed by atoms with Crippen LogP contribution in [-0.4, -0.2) is 35.4 Å². The van der Waals surface area contributed by atoms with Crippen LogP contribution in [0.5, 0.6) is 0 Å². The van der Waals surface area contributed by atoms with Crippen molar-refractivity contribution >= 4 is 17.7 Å². The monoisotopic (exact) mass is 543 g/mol. The van der Waals surface area contributed by atoms with Crippen LogP contribution in [0, 0.1) is 6.92 Å². The first kappa shape index (κ1) is 32.3. The summed E-state index contributed by atoms with van der Waals surface area (Å²) in [5.74, 6) is -0.308. The van der Waals surface area contributed by atoms with Crippen LogP contribution in [-0.2, 0) is 38.3 Å². The minimum Gasteiger partial charge on any atom is -0.463 e. The highest BCUT2D eigenvalue weighted by Gasteiger charge is 2.52. The Kier molecular flexibility index (Phi) is 12.5. The summed E-state index contributed by atoms with van der Waals surface area (Å²) < 4.78 is 17.0. The molecule has 0 bridgehead atoms. The van der Waals surface area contributed by atoms with Gasteiger partial charge in [-0.25, -0.2) is 9.79 Å². The largest absolute Gasteiger partial charge is 0.463 e. The van der Waals surface area contributed by atoms with Gasteiger partial charge >= 0.3 is 5.97 Å². The smallest absolute Gasteiger partial charge is 0.359 e. The number of carbonyl (C=O) groups is 1. The molecule has 0 amide bonds. The minimum absolute atomic E-state index is 0.00791. The molecule has 1 atom stereocenters. The van der Waals surface area contributed by atoms with Gasteiger partial charge in [0, 0.05) is 11.8 Å². The summed E-state index contributed by atoms with van der Waals surface area (Å²) in [5.41, 5.74) is 2.03. The number of nitrogens with zero attached hydrogens (tertiary/aromatic N) is 2. The van der Waals surface area contributed by atoms with E-state index >= 15 is 0 Å². The van der Waals surface area contributed by atoms with Gasteiger partial charge in [0.25, 0.3) is 11.6 Å². The Morgan fingerprint density at radius 1 is 1.08 bits per heavy atom. The van der Waals surface area contributed by atoms with E-state index in [0.29, 0.717) is 18.6 Å². The van der Waals surface area contributed by atoms with E-state index in [4.69, 9.17) is 14.0 Å². The Bertz CT molecular complexity index is 1090.